The molecule has 1 saturated heterocycles. The zero-order valence-electron chi connectivity index (χ0n) is 10.9. The van der Waals surface area contributed by atoms with Gasteiger partial charge in [0, 0.05) is 31.7 Å². The summed E-state index contributed by atoms with van der Waals surface area (Å²) in [5, 5.41) is 11.9. The minimum Gasteiger partial charge on any atom is -0.478 e. The quantitative estimate of drug-likeness (QED) is 0.845. The standard InChI is InChI=1S/C12H15FN2O4S/c1-8-10(13)6-9(12(16)17)7-11(8)20(18,19)15-4-2-14-3-5-15/h6-7,14H,2-5H2,1H3,(H,16,17). The van der Waals surface area contributed by atoms with E-state index in [4.69, 9.17) is 5.11 Å². The third kappa shape index (κ3) is 2.67. The summed E-state index contributed by atoms with van der Waals surface area (Å²) in [6, 6.07) is 1.84. The maximum absolute atomic E-state index is 13.7. The monoisotopic (exact) mass is 302 g/mol. The van der Waals surface area contributed by atoms with Crippen LogP contribution in [0.4, 0.5) is 4.39 Å². The highest BCUT2D eigenvalue weighted by Crippen LogP contribution is 2.24. The molecule has 1 aliphatic rings. The fourth-order valence-corrected chi connectivity index (χ4v) is 3.77. The molecular formula is C12H15FN2O4S. The van der Waals surface area contributed by atoms with Gasteiger partial charge in [0.1, 0.15) is 5.82 Å². The van der Waals surface area contributed by atoms with Gasteiger partial charge in [-0.1, -0.05) is 0 Å². The summed E-state index contributed by atoms with van der Waals surface area (Å²) >= 11 is 0. The molecule has 110 valence electrons. The zero-order valence-corrected chi connectivity index (χ0v) is 11.7. The minimum absolute atomic E-state index is 0.0615. The molecule has 1 heterocycles. The van der Waals surface area contributed by atoms with E-state index in [9.17, 15) is 17.6 Å². The molecule has 8 heteroatoms. The van der Waals surface area contributed by atoms with Gasteiger partial charge in [0.2, 0.25) is 10.0 Å². The van der Waals surface area contributed by atoms with Crippen LogP contribution in [0.3, 0.4) is 0 Å². The molecule has 0 atom stereocenters. The van der Waals surface area contributed by atoms with Crippen molar-refractivity contribution < 1.29 is 22.7 Å². The molecule has 0 radical (unpaired) electrons. The van der Waals surface area contributed by atoms with Gasteiger partial charge in [-0.3, -0.25) is 0 Å². The number of hydrogen-bond acceptors (Lipinski definition) is 4. The van der Waals surface area contributed by atoms with E-state index in [1.807, 2.05) is 0 Å². The Kier molecular flexibility index (Phi) is 4.07. The van der Waals surface area contributed by atoms with Crippen LogP contribution in [0.15, 0.2) is 17.0 Å². The van der Waals surface area contributed by atoms with Gasteiger partial charge in [0.25, 0.3) is 0 Å². The van der Waals surface area contributed by atoms with Crippen molar-refractivity contribution in [2.24, 2.45) is 0 Å². The normalized spacial score (nSPS) is 17.1. The largest absolute Gasteiger partial charge is 0.478 e. The number of rotatable bonds is 3. The highest BCUT2D eigenvalue weighted by molar-refractivity contribution is 7.89. The average molecular weight is 302 g/mol. The van der Waals surface area contributed by atoms with Crippen molar-refractivity contribution >= 4 is 16.0 Å². The second kappa shape index (κ2) is 5.47. The van der Waals surface area contributed by atoms with E-state index in [0.29, 0.717) is 13.1 Å². The van der Waals surface area contributed by atoms with Crippen LogP contribution in [0.25, 0.3) is 0 Å². The third-order valence-electron chi connectivity index (χ3n) is 3.24. The van der Waals surface area contributed by atoms with Crippen LogP contribution in [-0.4, -0.2) is 50.0 Å². The van der Waals surface area contributed by atoms with Gasteiger partial charge >= 0.3 is 5.97 Å². The lowest BCUT2D eigenvalue weighted by atomic mass is 10.1. The number of piperazine rings is 1. The Labute approximate surface area is 116 Å². The highest BCUT2D eigenvalue weighted by Gasteiger charge is 2.29. The minimum atomic E-state index is -3.88. The van der Waals surface area contributed by atoms with Gasteiger partial charge in [-0.15, -0.1) is 0 Å². The van der Waals surface area contributed by atoms with Crippen molar-refractivity contribution in [2.75, 3.05) is 26.2 Å². The predicted molar refractivity (Wildman–Crippen MR) is 69.7 cm³/mol. The number of nitrogens with one attached hydrogen (secondary N) is 1. The van der Waals surface area contributed by atoms with Crippen LogP contribution < -0.4 is 5.32 Å². The Morgan fingerprint density at radius 1 is 1.35 bits per heavy atom. The maximum atomic E-state index is 13.7. The number of aromatic carboxylic acids is 1. The Hall–Kier alpha value is -1.51. The second-order valence-electron chi connectivity index (χ2n) is 4.54. The van der Waals surface area contributed by atoms with E-state index in [2.05, 4.69) is 5.32 Å². The smallest absolute Gasteiger partial charge is 0.335 e. The summed E-state index contributed by atoms with van der Waals surface area (Å²) in [7, 11) is -3.88. The predicted octanol–water partition coefficient (Wildman–Crippen LogP) is 0.426. The number of nitrogens with zero attached hydrogens (tertiary/aromatic N) is 1. The molecule has 1 fully saturated rings. The van der Waals surface area contributed by atoms with Crippen molar-refractivity contribution in [1.29, 1.82) is 0 Å². The molecule has 0 unspecified atom stereocenters. The lowest BCUT2D eigenvalue weighted by Gasteiger charge is -2.27. The molecule has 6 nitrogen and oxygen atoms in total. The van der Waals surface area contributed by atoms with Crippen LogP contribution in [0.1, 0.15) is 15.9 Å². The summed E-state index contributed by atoms with van der Waals surface area (Å²) in [6.45, 7) is 2.91. The number of carboxylic acids is 1. The number of carboxylic acid groups (broad SMARTS) is 1. The Bertz CT molecular complexity index is 639. The Balaban J connectivity index is 2.52. The van der Waals surface area contributed by atoms with Gasteiger partial charge in [0.05, 0.1) is 10.5 Å². The average Bonchev–Trinajstić information content (AvgIpc) is 2.42. The molecule has 1 aromatic carbocycles. The summed E-state index contributed by atoms with van der Waals surface area (Å²) in [4.78, 5) is 10.7. The first kappa shape index (κ1) is 14.9. The summed E-state index contributed by atoms with van der Waals surface area (Å²) in [5.74, 6) is -2.20. The van der Waals surface area contributed by atoms with Crippen molar-refractivity contribution in [3.05, 3.63) is 29.1 Å². The maximum Gasteiger partial charge on any atom is 0.335 e. The van der Waals surface area contributed by atoms with Gasteiger partial charge in [0.15, 0.2) is 0 Å². The number of carbonyl (C=O) groups is 1. The van der Waals surface area contributed by atoms with Crippen molar-refractivity contribution in [3.8, 4) is 0 Å². The van der Waals surface area contributed by atoms with Crippen LogP contribution in [0.5, 0.6) is 0 Å². The zero-order chi connectivity index (χ0) is 14.9. The fourth-order valence-electron chi connectivity index (χ4n) is 2.07. The summed E-state index contributed by atoms with van der Waals surface area (Å²) in [5.41, 5.74) is -0.435. The van der Waals surface area contributed by atoms with Crippen molar-refractivity contribution in [3.63, 3.8) is 0 Å². The first-order chi connectivity index (χ1) is 9.34. The molecule has 0 amide bonds. The van der Waals surface area contributed by atoms with Crippen LogP contribution in [0, 0.1) is 12.7 Å². The first-order valence-corrected chi connectivity index (χ1v) is 7.52. The summed E-state index contributed by atoms with van der Waals surface area (Å²) < 4.78 is 39.9. The van der Waals surface area contributed by atoms with Crippen LogP contribution in [-0.2, 0) is 10.0 Å². The van der Waals surface area contributed by atoms with E-state index < -0.39 is 21.8 Å². The molecule has 0 saturated carbocycles. The first-order valence-electron chi connectivity index (χ1n) is 6.08. The molecule has 2 rings (SSSR count). The molecule has 0 aromatic heterocycles. The molecule has 0 aliphatic carbocycles. The van der Waals surface area contributed by atoms with E-state index in [1.165, 1.54) is 11.2 Å². The number of halogens is 1. The SMILES string of the molecule is Cc1c(F)cc(C(=O)O)cc1S(=O)(=O)N1CCNCC1. The number of sulfonamides is 1. The van der Waals surface area contributed by atoms with E-state index >= 15 is 0 Å². The highest BCUT2D eigenvalue weighted by atomic mass is 32.2. The third-order valence-corrected chi connectivity index (χ3v) is 5.26. The van der Waals surface area contributed by atoms with Gasteiger partial charge < -0.3 is 10.4 Å². The van der Waals surface area contributed by atoms with Crippen molar-refractivity contribution in [2.45, 2.75) is 11.8 Å². The van der Waals surface area contributed by atoms with Crippen LogP contribution in [0.2, 0.25) is 0 Å². The molecular weight excluding hydrogens is 287 g/mol. The van der Waals surface area contributed by atoms with E-state index in [1.54, 1.807) is 0 Å². The van der Waals surface area contributed by atoms with Crippen molar-refractivity contribution in [1.82, 2.24) is 9.62 Å². The topological polar surface area (TPSA) is 86.7 Å². The number of hydrogen-bond donors (Lipinski definition) is 2. The van der Waals surface area contributed by atoms with E-state index in [-0.39, 0.29) is 29.1 Å². The van der Waals surface area contributed by atoms with E-state index in [0.717, 1.165) is 12.1 Å². The second-order valence-corrected chi connectivity index (χ2v) is 6.45. The Morgan fingerprint density at radius 2 is 1.95 bits per heavy atom. The molecule has 2 N–H and O–H groups in total. The molecule has 20 heavy (non-hydrogen) atoms. The fraction of sp³-hybridized carbons (Fsp3) is 0.417. The van der Waals surface area contributed by atoms with Gasteiger partial charge in [-0.2, -0.15) is 4.31 Å². The van der Waals surface area contributed by atoms with Crippen LogP contribution >= 0.6 is 0 Å². The molecule has 0 bridgehead atoms. The molecule has 1 aliphatic heterocycles. The lowest BCUT2D eigenvalue weighted by molar-refractivity contribution is 0.0696. The lowest BCUT2D eigenvalue weighted by Crippen LogP contribution is -2.46. The molecule has 1 aromatic rings. The Morgan fingerprint density at radius 3 is 2.50 bits per heavy atom. The summed E-state index contributed by atoms with van der Waals surface area (Å²) in [6.07, 6.45) is 0. The number of benzene rings is 1. The molecule has 0 spiro atoms. The van der Waals surface area contributed by atoms with Gasteiger partial charge in [-0.05, 0) is 19.1 Å². The van der Waals surface area contributed by atoms with Gasteiger partial charge in [-0.25, -0.2) is 17.6 Å².